The summed E-state index contributed by atoms with van der Waals surface area (Å²) >= 11 is 5.27. The van der Waals surface area contributed by atoms with Gasteiger partial charge in [-0.05, 0) is 55.7 Å². The number of likely N-dealkylation sites (tertiary alicyclic amines) is 1. The summed E-state index contributed by atoms with van der Waals surface area (Å²) in [6.45, 7) is 5.25. The number of carbonyl (C=O) groups excluding carboxylic acids is 1. The number of H-pyrrole nitrogens is 1. The van der Waals surface area contributed by atoms with Crippen LogP contribution in [0.1, 0.15) is 35.7 Å². The molecule has 0 spiro atoms. The molecular formula is C23H26N4O2S. The average Bonchev–Trinajstić information content (AvgIpc) is 2.76. The number of rotatable bonds is 5. The number of aromatic nitrogens is 2. The highest BCUT2D eigenvalue weighted by Gasteiger charge is 2.21. The Balaban J connectivity index is 1.40. The monoisotopic (exact) mass is 422 g/mol. The van der Waals surface area contributed by atoms with Crippen LogP contribution in [0.25, 0.3) is 10.9 Å². The maximum absolute atomic E-state index is 12.8. The zero-order valence-electron chi connectivity index (χ0n) is 17.1. The molecular weight excluding hydrogens is 396 g/mol. The van der Waals surface area contributed by atoms with E-state index in [0.29, 0.717) is 27.8 Å². The van der Waals surface area contributed by atoms with Crippen molar-refractivity contribution in [1.29, 1.82) is 0 Å². The van der Waals surface area contributed by atoms with Gasteiger partial charge in [-0.3, -0.25) is 19.1 Å². The molecule has 1 aliphatic heterocycles. The van der Waals surface area contributed by atoms with Crippen molar-refractivity contribution in [3.05, 3.63) is 74.8 Å². The summed E-state index contributed by atoms with van der Waals surface area (Å²) in [5, 5.41) is 3.69. The minimum absolute atomic E-state index is 0.114. The second-order valence-electron chi connectivity index (χ2n) is 7.75. The van der Waals surface area contributed by atoms with E-state index in [-0.39, 0.29) is 17.5 Å². The van der Waals surface area contributed by atoms with Crippen LogP contribution < -0.4 is 10.9 Å². The molecule has 156 valence electrons. The summed E-state index contributed by atoms with van der Waals surface area (Å²) < 4.78 is 1.89. The predicted molar refractivity (Wildman–Crippen MR) is 121 cm³/mol. The Bertz CT molecular complexity index is 1160. The second kappa shape index (κ2) is 8.93. The number of piperidine rings is 1. The van der Waals surface area contributed by atoms with Gasteiger partial charge in [-0.25, -0.2) is 0 Å². The Hall–Kier alpha value is -2.77. The molecule has 0 radical (unpaired) electrons. The molecule has 0 atom stereocenters. The summed E-state index contributed by atoms with van der Waals surface area (Å²) in [6, 6.07) is 15.7. The highest BCUT2D eigenvalue weighted by molar-refractivity contribution is 7.71. The van der Waals surface area contributed by atoms with Crippen LogP contribution in [-0.4, -0.2) is 39.5 Å². The molecule has 1 aliphatic rings. The van der Waals surface area contributed by atoms with Gasteiger partial charge in [0, 0.05) is 37.8 Å². The molecule has 3 aromatic rings. The Kier molecular flexibility index (Phi) is 6.11. The number of aromatic amines is 1. The number of amides is 1. The van der Waals surface area contributed by atoms with Crippen molar-refractivity contribution in [1.82, 2.24) is 19.8 Å². The molecule has 1 saturated heterocycles. The minimum atomic E-state index is -0.131. The van der Waals surface area contributed by atoms with E-state index in [4.69, 9.17) is 12.2 Å². The lowest BCUT2D eigenvalue weighted by Crippen LogP contribution is -2.44. The van der Waals surface area contributed by atoms with E-state index in [0.717, 1.165) is 32.5 Å². The predicted octanol–water partition coefficient (Wildman–Crippen LogP) is 3.47. The van der Waals surface area contributed by atoms with E-state index < -0.39 is 0 Å². The van der Waals surface area contributed by atoms with Crippen LogP contribution in [-0.2, 0) is 13.1 Å². The first-order chi connectivity index (χ1) is 14.5. The van der Waals surface area contributed by atoms with Gasteiger partial charge in [0.05, 0.1) is 10.9 Å². The molecule has 0 saturated carbocycles. The molecule has 0 aliphatic carbocycles. The average molecular weight is 423 g/mol. The Morgan fingerprint density at radius 1 is 1.17 bits per heavy atom. The number of benzene rings is 2. The van der Waals surface area contributed by atoms with E-state index in [2.05, 4.69) is 39.5 Å². The van der Waals surface area contributed by atoms with E-state index in [9.17, 15) is 9.59 Å². The lowest BCUT2D eigenvalue weighted by molar-refractivity contribution is 0.0909. The molecule has 1 fully saturated rings. The maximum atomic E-state index is 12.8. The fourth-order valence-corrected chi connectivity index (χ4v) is 4.35. The van der Waals surface area contributed by atoms with Crippen molar-refractivity contribution in [2.75, 3.05) is 13.1 Å². The van der Waals surface area contributed by atoms with Gasteiger partial charge >= 0.3 is 0 Å². The lowest BCUT2D eigenvalue weighted by Gasteiger charge is -2.32. The van der Waals surface area contributed by atoms with Gasteiger partial charge in [0.15, 0.2) is 4.77 Å². The van der Waals surface area contributed by atoms with Crippen LogP contribution in [0.3, 0.4) is 0 Å². The van der Waals surface area contributed by atoms with Gasteiger partial charge in [-0.1, -0.05) is 30.3 Å². The van der Waals surface area contributed by atoms with Crippen LogP contribution in [0.15, 0.2) is 53.3 Å². The minimum Gasteiger partial charge on any atom is -0.349 e. The lowest BCUT2D eigenvalue weighted by atomic mass is 10.0. The van der Waals surface area contributed by atoms with E-state index in [1.165, 1.54) is 10.1 Å². The Morgan fingerprint density at radius 2 is 1.90 bits per heavy atom. The van der Waals surface area contributed by atoms with Crippen molar-refractivity contribution in [3.63, 3.8) is 0 Å². The van der Waals surface area contributed by atoms with Crippen molar-refractivity contribution in [3.8, 4) is 0 Å². The summed E-state index contributed by atoms with van der Waals surface area (Å²) in [4.78, 5) is 30.8. The second-order valence-corrected chi connectivity index (χ2v) is 8.14. The van der Waals surface area contributed by atoms with Crippen LogP contribution in [0.4, 0.5) is 0 Å². The maximum Gasteiger partial charge on any atom is 0.262 e. The third-order valence-corrected chi connectivity index (χ3v) is 6.05. The molecule has 2 aromatic carbocycles. The standard InChI is InChI=1S/C23H26N4O2S/c1-2-27-22(29)19-9-8-17(14-20(19)25-23(27)30)21(28)24-18-10-12-26(13-11-18)15-16-6-4-3-5-7-16/h3-9,14,18H,2,10-13,15H2,1H3,(H,24,28)(H,25,30). The highest BCUT2D eigenvalue weighted by Crippen LogP contribution is 2.16. The molecule has 30 heavy (non-hydrogen) atoms. The van der Waals surface area contributed by atoms with Gasteiger partial charge in [0.1, 0.15) is 0 Å². The molecule has 1 aromatic heterocycles. The van der Waals surface area contributed by atoms with Crippen molar-refractivity contribution < 1.29 is 4.79 Å². The third kappa shape index (κ3) is 4.37. The van der Waals surface area contributed by atoms with Crippen molar-refractivity contribution >= 4 is 29.0 Å². The largest absolute Gasteiger partial charge is 0.349 e. The summed E-state index contributed by atoms with van der Waals surface area (Å²) in [5.74, 6) is -0.114. The number of hydrogen-bond donors (Lipinski definition) is 2. The first-order valence-corrected chi connectivity index (χ1v) is 10.8. The number of carbonyl (C=O) groups is 1. The molecule has 0 unspecified atom stereocenters. The first kappa shape index (κ1) is 20.5. The van der Waals surface area contributed by atoms with E-state index in [1.54, 1.807) is 18.2 Å². The van der Waals surface area contributed by atoms with Crippen LogP contribution in [0.2, 0.25) is 0 Å². The molecule has 6 nitrogen and oxygen atoms in total. The third-order valence-electron chi connectivity index (χ3n) is 5.73. The zero-order chi connectivity index (χ0) is 21.1. The molecule has 7 heteroatoms. The van der Waals surface area contributed by atoms with Gasteiger partial charge in [-0.15, -0.1) is 0 Å². The van der Waals surface area contributed by atoms with Crippen LogP contribution in [0.5, 0.6) is 0 Å². The van der Waals surface area contributed by atoms with Gasteiger partial charge in [0.2, 0.25) is 0 Å². The summed E-state index contributed by atoms with van der Waals surface area (Å²) in [5.41, 5.74) is 2.32. The van der Waals surface area contributed by atoms with Gasteiger partial charge in [0.25, 0.3) is 11.5 Å². The molecule has 2 N–H and O–H groups in total. The van der Waals surface area contributed by atoms with Gasteiger partial charge in [-0.2, -0.15) is 0 Å². The fraction of sp³-hybridized carbons (Fsp3) is 0.348. The van der Waals surface area contributed by atoms with Crippen LogP contribution in [0, 0.1) is 4.77 Å². The quantitative estimate of drug-likeness (QED) is 0.618. The summed E-state index contributed by atoms with van der Waals surface area (Å²) in [7, 11) is 0. The smallest absolute Gasteiger partial charge is 0.262 e. The van der Waals surface area contributed by atoms with Crippen LogP contribution >= 0.6 is 12.2 Å². The summed E-state index contributed by atoms with van der Waals surface area (Å²) in [6.07, 6.45) is 1.85. The van der Waals surface area contributed by atoms with Crippen molar-refractivity contribution in [2.45, 2.75) is 38.9 Å². The van der Waals surface area contributed by atoms with E-state index in [1.807, 2.05) is 13.0 Å². The number of fused-ring (bicyclic) bond motifs is 1. The zero-order valence-corrected chi connectivity index (χ0v) is 17.9. The first-order valence-electron chi connectivity index (χ1n) is 10.4. The van der Waals surface area contributed by atoms with Crippen molar-refractivity contribution in [2.24, 2.45) is 0 Å². The Labute approximate surface area is 180 Å². The molecule has 0 bridgehead atoms. The van der Waals surface area contributed by atoms with E-state index >= 15 is 0 Å². The molecule has 1 amide bonds. The molecule has 2 heterocycles. The number of hydrogen-bond acceptors (Lipinski definition) is 4. The normalized spacial score (nSPS) is 15.4. The number of nitrogens with one attached hydrogen (secondary N) is 2. The SMILES string of the molecule is CCn1c(=S)[nH]c2cc(C(=O)NC3CCN(Cc4ccccc4)CC3)ccc2c1=O. The molecule has 4 rings (SSSR count). The fourth-order valence-electron chi connectivity index (χ4n) is 4.03. The Morgan fingerprint density at radius 3 is 2.60 bits per heavy atom. The topological polar surface area (TPSA) is 70.1 Å². The highest BCUT2D eigenvalue weighted by atomic mass is 32.1. The number of nitrogens with zero attached hydrogens (tertiary/aromatic N) is 2. The van der Waals surface area contributed by atoms with Gasteiger partial charge < -0.3 is 10.3 Å².